The Morgan fingerprint density at radius 2 is 2.26 bits per heavy atom. The highest BCUT2D eigenvalue weighted by molar-refractivity contribution is 5.55. The van der Waals surface area contributed by atoms with Gasteiger partial charge in [0, 0.05) is 30.4 Å². The van der Waals surface area contributed by atoms with Crippen molar-refractivity contribution >= 4 is 11.4 Å². The van der Waals surface area contributed by atoms with Gasteiger partial charge in [-0.25, -0.2) is 0 Å². The van der Waals surface area contributed by atoms with Crippen molar-refractivity contribution in [2.45, 2.75) is 33.6 Å². The molecule has 1 aliphatic rings. The summed E-state index contributed by atoms with van der Waals surface area (Å²) >= 11 is 0. The molecule has 0 aliphatic carbocycles. The first-order chi connectivity index (χ1) is 9.02. The number of hydrogen-bond donors (Lipinski definition) is 0. The van der Waals surface area contributed by atoms with E-state index >= 15 is 0 Å². The van der Waals surface area contributed by atoms with Crippen molar-refractivity contribution in [3.8, 4) is 0 Å². The number of nitro benzene ring substituents is 1. The lowest BCUT2D eigenvalue weighted by Gasteiger charge is -2.21. The summed E-state index contributed by atoms with van der Waals surface area (Å²) in [5, 5.41) is 10.8. The third-order valence-corrected chi connectivity index (χ3v) is 4.42. The molecule has 104 valence electrons. The molecule has 1 saturated heterocycles. The second kappa shape index (κ2) is 5.59. The summed E-state index contributed by atoms with van der Waals surface area (Å²) in [6.07, 6.45) is 2.45. The number of aryl methyl sites for hydroxylation is 1. The van der Waals surface area contributed by atoms with Gasteiger partial charge in [-0.1, -0.05) is 20.3 Å². The molecule has 1 aliphatic heterocycles. The van der Waals surface area contributed by atoms with Crippen molar-refractivity contribution in [1.82, 2.24) is 0 Å². The van der Waals surface area contributed by atoms with Crippen LogP contribution in [0.4, 0.5) is 11.4 Å². The molecule has 1 fully saturated rings. The second-order valence-corrected chi connectivity index (χ2v) is 5.61. The molecule has 2 atom stereocenters. The molecule has 1 aromatic rings. The van der Waals surface area contributed by atoms with Crippen molar-refractivity contribution in [3.05, 3.63) is 33.9 Å². The molecule has 0 saturated carbocycles. The van der Waals surface area contributed by atoms with E-state index in [0.29, 0.717) is 0 Å². The first-order valence-corrected chi connectivity index (χ1v) is 7.03. The van der Waals surface area contributed by atoms with Gasteiger partial charge in [-0.15, -0.1) is 0 Å². The molecular weight excluding hydrogens is 240 g/mol. The zero-order valence-corrected chi connectivity index (χ0v) is 11.9. The lowest BCUT2D eigenvalue weighted by molar-refractivity contribution is -0.385. The van der Waals surface area contributed by atoms with E-state index in [1.807, 2.05) is 19.1 Å². The highest BCUT2D eigenvalue weighted by atomic mass is 16.6. The number of rotatable bonds is 4. The van der Waals surface area contributed by atoms with Crippen LogP contribution in [0.5, 0.6) is 0 Å². The zero-order chi connectivity index (χ0) is 14.0. The van der Waals surface area contributed by atoms with E-state index in [2.05, 4.69) is 18.7 Å². The van der Waals surface area contributed by atoms with Crippen LogP contribution in [0.2, 0.25) is 0 Å². The van der Waals surface area contributed by atoms with Crippen molar-refractivity contribution < 1.29 is 4.92 Å². The van der Waals surface area contributed by atoms with Gasteiger partial charge in [-0.05, 0) is 37.3 Å². The molecule has 19 heavy (non-hydrogen) atoms. The van der Waals surface area contributed by atoms with Gasteiger partial charge in [0.25, 0.3) is 5.69 Å². The molecule has 4 heteroatoms. The van der Waals surface area contributed by atoms with Crippen LogP contribution in [0.25, 0.3) is 0 Å². The number of nitrogens with zero attached hydrogens (tertiary/aromatic N) is 2. The minimum Gasteiger partial charge on any atom is -0.371 e. The summed E-state index contributed by atoms with van der Waals surface area (Å²) in [7, 11) is 0. The fourth-order valence-corrected chi connectivity index (χ4v) is 2.86. The third-order valence-electron chi connectivity index (χ3n) is 4.42. The van der Waals surface area contributed by atoms with Gasteiger partial charge in [0.05, 0.1) is 4.92 Å². The van der Waals surface area contributed by atoms with Crippen LogP contribution in [0.1, 0.15) is 32.3 Å². The average Bonchev–Trinajstić information content (AvgIpc) is 2.86. The highest BCUT2D eigenvalue weighted by Gasteiger charge is 2.26. The van der Waals surface area contributed by atoms with Crippen molar-refractivity contribution in [1.29, 1.82) is 0 Å². The molecule has 0 N–H and O–H groups in total. The highest BCUT2D eigenvalue weighted by Crippen LogP contribution is 2.31. The fraction of sp³-hybridized carbons (Fsp3) is 0.600. The molecule has 0 aromatic heterocycles. The molecular formula is C15H22N2O2. The predicted octanol–water partition coefficient (Wildman–Crippen LogP) is 3.78. The standard InChI is InChI=1S/C15H22N2O2/c1-4-11(2)13-7-8-16(10-13)14-5-6-15(17(18)19)12(3)9-14/h5-6,9,11,13H,4,7-8,10H2,1-3H3. The van der Waals surface area contributed by atoms with Gasteiger partial charge in [0.2, 0.25) is 0 Å². The van der Waals surface area contributed by atoms with Gasteiger partial charge < -0.3 is 4.90 Å². The van der Waals surface area contributed by atoms with E-state index in [0.717, 1.165) is 36.2 Å². The van der Waals surface area contributed by atoms with Crippen LogP contribution in [0.15, 0.2) is 18.2 Å². The van der Waals surface area contributed by atoms with E-state index < -0.39 is 0 Å². The summed E-state index contributed by atoms with van der Waals surface area (Å²) in [5.41, 5.74) is 2.07. The van der Waals surface area contributed by atoms with E-state index in [1.54, 1.807) is 6.07 Å². The van der Waals surface area contributed by atoms with Crippen LogP contribution < -0.4 is 4.90 Å². The normalized spacial score (nSPS) is 20.6. The number of nitro groups is 1. The number of hydrogen-bond acceptors (Lipinski definition) is 3. The smallest absolute Gasteiger partial charge is 0.272 e. The molecule has 1 heterocycles. The summed E-state index contributed by atoms with van der Waals surface area (Å²) in [5.74, 6) is 1.50. The Bertz CT molecular complexity index is 473. The van der Waals surface area contributed by atoms with Gasteiger partial charge >= 0.3 is 0 Å². The maximum absolute atomic E-state index is 10.8. The summed E-state index contributed by atoms with van der Waals surface area (Å²) in [6, 6.07) is 5.45. The lowest BCUT2D eigenvalue weighted by Crippen LogP contribution is -2.21. The maximum Gasteiger partial charge on any atom is 0.272 e. The van der Waals surface area contributed by atoms with Crippen molar-refractivity contribution in [2.24, 2.45) is 11.8 Å². The van der Waals surface area contributed by atoms with Crippen LogP contribution in [-0.4, -0.2) is 18.0 Å². The summed E-state index contributed by atoms with van der Waals surface area (Å²) in [6.45, 7) is 8.50. The number of anilines is 1. The largest absolute Gasteiger partial charge is 0.371 e. The quantitative estimate of drug-likeness (QED) is 0.613. The molecule has 4 nitrogen and oxygen atoms in total. The molecule has 2 rings (SSSR count). The Labute approximate surface area is 114 Å². The first kappa shape index (κ1) is 13.8. The van der Waals surface area contributed by atoms with Gasteiger partial charge in [-0.3, -0.25) is 10.1 Å². The Hall–Kier alpha value is -1.58. The van der Waals surface area contributed by atoms with E-state index in [4.69, 9.17) is 0 Å². The van der Waals surface area contributed by atoms with Gasteiger partial charge in [-0.2, -0.15) is 0 Å². The molecule has 0 spiro atoms. The van der Waals surface area contributed by atoms with Crippen LogP contribution >= 0.6 is 0 Å². The molecule has 0 radical (unpaired) electrons. The Morgan fingerprint density at radius 1 is 1.53 bits per heavy atom. The first-order valence-electron chi connectivity index (χ1n) is 7.03. The second-order valence-electron chi connectivity index (χ2n) is 5.61. The minimum absolute atomic E-state index is 0.210. The minimum atomic E-state index is -0.314. The molecule has 0 amide bonds. The maximum atomic E-state index is 10.8. The number of benzene rings is 1. The lowest BCUT2D eigenvalue weighted by atomic mass is 9.91. The predicted molar refractivity (Wildman–Crippen MR) is 77.6 cm³/mol. The van der Waals surface area contributed by atoms with Crippen LogP contribution in [-0.2, 0) is 0 Å². The van der Waals surface area contributed by atoms with Crippen LogP contribution in [0.3, 0.4) is 0 Å². The average molecular weight is 262 g/mol. The summed E-state index contributed by atoms with van der Waals surface area (Å²) in [4.78, 5) is 12.9. The fourth-order valence-electron chi connectivity index (χ4n) is 2.86. The summed E-state index contributed by atoms with van der Waals surface area (Å²) < 4.78 is 0. The van der Waals surface area contributed by atoms with E-state index in [9.17, 15) is 10.1 Å². The van der Waals surface area contributed by atoms with Crippen molar-refractivity contribution in [2.75, 3.05) is 18.0 Å². The molecule has 2 unspecified atom stereocenters. The Kier molecular flexibility index (Phi) is 4.08. The topological polar surface area (TPSA) is 46.4 Å². The van der Waals surface area contributed by atoms with Gasteiger partial charge in [0.15, 0.2) is 0 Å². The zero-order valence-electron chi connectivity index (χ0n) is 11.9. The van der Waals surface area contributed by atoms with Crippen LogP contribution in [0, 0.1) is 28.9 Å². The molecule has 0 bridgehead atoms. The SMILES string of the molecule is CCC(C)C1CCN(c2ccc([N+](=O)[O-])c(C)c2)C1. The monoisotopic (exact) mass is 262 g/mol. The Morgan fingerprint density at radius 3 is 2.84 bits per heavy atom. The van der Waals surface area contributed by atoms with E-state index in [-0.39, 0.29) is 10.6 Å². The molecule has 1 aromatic carbocycles. The van der Waals surface area contributed by atoms with Gasteiger partial charge in [0.1, 0.15) is 0 Å². The van der Waals surface area contributed by atoms with E-state index in [1.165, 1.54) is 12.8 Å². The van der Waals surface area contributed by atoms with Crippen molar-refractivity contribution in [3.63, 3.8) is 0 Å². The third kappa shape index (κ3) is 2.88. The Balaban J connectivity index is 2.12.